The first-order valence-electron chi connectivity index (χ1n) is 19.1. The number of amides is 1. The van der Waals surface area contributed by atoms with Crippen LogP contribution in [0.5, 0.6) is 0 Å². The fourth-order valence-electron chi connectivity index (χ4n) is 7.72. The lowest BCUT2D eigenvalue weighted by Crippen LogP contribution is -2.62. The molecule has 2 heterocycles. The van der Waals surface area contributed by atoms with E-state index in [-0.39, 0.29) is 35.7 Å². The average Bonchev–Trinajstić information content (AvgIpc) is 3.51. The molecule has 0 radical (unpaired) electrons. The lowest BCUT2D eigenvalue weighted by atomic mass is 9.67. The van der Waals surface area contributed by atoms with Gasteiger partial charge in [-0.05, 0) is 101 Å². The molecular weight excluding hydrogens is 655 g/mol. The highest BCUT2D eigenvalue weighted by Crippen LogP contribution is 2.50. The van der Waals surface area contributed by atoms with E-state index >= 15 is 8.42 Å². The molecule has 0 bridgehead atoms. The Kier molecular flexibility index (Phi) is 10.3. The Hall–Kier alpha value is -2.70. The predicted molar refractivity (Wildman–Crippen MR) is 197 cm³/mol. The van der Waals surface area contributed by atoms with E-state index in [1.54, 1.807) is 0 Å². The number of anilines is 1. The standard InChI is InChI=1S/C39H61N3O7S/c1-24(2)36(6,7)38(10,11)42(50(44,45)32-19-18-28(40)22-26(32)4)23-31(46-13)33(27(5)29-17-15-14-16-25(29)3)41-35(43)48-34-30-20-21-47-39(30,12)49-37(34,8)9/h14-19,22,24,27,30-31,33-34H,20-21,23,40H2,1-13H3,(H,41,43)/t27?,30-,31+,33-,34+,39+/m0/s1/i18D,19D,22D. The molecule has 2 aromatic carbocycles. The van der Waals surface area contributed by atoms with Crippen LogP contribution < -0.4 is 11.1 Å². The molecule has 2 saturated heterocycles. The monoisotopic (exact) mass is 718 g/mol. The van der Waals surface area contributed by atoms with Crippen LogP contribution in [-0.2, 0) is 29.0 Å². The molecule has 2 aromatic rings. The van der Waals surface area contributed by atoms with Gasteiger partial charge in [-0.25, -0.2) is 13.2 Å². The summed E-state index contributed by atoms with van der Waals surface area (Å²) in [6.07, 6.45) is -1.60. The SMILES string of the molecule is [2H]c1c([2H])c(S(=O)(=O)N(C[C@@H](OC)[C@@H](NC(=O)O[C@@H]2[C@@H]3CCO[C@]3(C)OC2(C)C)C(C)c2ccccc2C)C(C)(C)C(C)(C)C(C)C)c(C)c([2H])c1N. The molecule has 1 unspecified atom stereocenters. The summed E-state index contributed by atoms with van der Waals surface area (Å²) in [7, 11) is -3.14. The predicted octanol–water partition coefficient (Wildman–Crippen LogP) is 7.18. The number of benzene rings is 2. The van der Waals surface area contributed by atoms with Crippen molar-refractivity contribution in [1.29, 1.82) is 0 Å². The fourth-order valence-corrected chi connectivity index (χ4v) is 9.74. The highest BCUT2D eigenvalue weighted by atomic mass is 32.2. The number of nitrogens with two attached hydrogens (primary N) is 1. The van der Waals surface area contributed by atoms with Crippen LogP contribution in [0.2, 0.25) is 0 Å². The van der Waals surface area contributed by atoms with E-state index in [1.807, 2.05) is 100 Å². The fraction of sp³-hybridized carbons (Fsp3) is 0.667. The van der Waals surface area contributed by atoms with Crippen molar-refractivity contribution in [2.45, 2.75) is 135 Å². The summed E-state index contributed by atoms with van der Waals surface area (Å²) in [5.41, 5.74) is 5.00. The van der Waals surface area contributed by atoms with Crippen molar-refractivity contribution in [3.8, 4) is 0 Å². The third-order valence-electron chi connectivity index (χ3n) is 12.0. The Morgan fingerprint density at radius 2 is 1.76 bits per heavy atom. The number of hydrogen-bond acceptors (Lipinski definition) is 8. The van der Waals surface area contributed by atoms with Crippen LogP contribution in [-0.4, -0.2) is 74.3 Å². The number of methoxy groups -OCH3 is 1. The zero-order valence-corrected chi connectivity index (χ0v) is 33.0. The van der Waals surface area contributed by atoms with E-state index in [4.69, 9.17) is 28.8 Å². The normalized spacial score (nSPS) is 25.1. The van der Waals surface area contributed by atoms with Gasteiger partial charge < -0.3 is 30.0 Å². The van der Waals surface area contributed by atoms with Gasteiger partial charge in [-0.15, -0.1) is 0 Å². The summed E-state index contributed by atoms with van der Waals surface area (Å²) >= 11 is 0. The second kappa shape index (κ2) is 14.4. The van der Waals surface area contributed by atoms with Crippen LogP contribution in [0.3, 0.4) is 0 Å². The highest BCUT2D eigenvalue weighted by molar-refractivity contribution is 7.89. The van der Waals surface area contributed by atoms with Gasteiger partial charge in [0.25, 0.3) is 0 Å². The zero-order valence-electron chi connectivity index (χ0n) is 35.2. The van der Waals surface area contributed by atoms with Crippen molar-refractivity contribution < 1.29 is 36.3 Å². The molecule has 0 aliphatic carbocycles. The number of sulfonamides is 1. The van der Waals surface area contributed by atoms with Crippen LogP contribution in [0.4, 0.5) is 10.5 Å². The van der Waals surface area contributed by atoms with E-state index in [2.05, 4.69) is 5.32 Å². The lowest BCUT2D eigenvalue weighted by molar-refractivity contribution is -0.223. The van der Waals surface area contributed by atoms with Crippen molar-refractivity contribution in [1.82, 2.24) is 9.62 Å². The molecule has 3 N–H and O–H groups in total. The zero-order chi connectivity index (χ0) is 40.2. The van der Waals surface area contributed by atoms with E-state index in [1.165, 1.54) is 18.3 Å². The lowest BCUT2D eigenvalue weighted by Gasteiger charge is -2.52. The average molecular weight is 719 g/mol. The minimum Gasteiger partial charge on any atom is -0.443 e. The minimum atomic E-state index is -4.62. The number of hydrogen-bond donors (Lipinski definition) is 2. The number of nitrogens with one attached hydrogen (secondary N) is 1. The highest BCUT2D eigenvalue weighted by Gasteiger charge is 2.61. The third kappa shape index (κ3) is 7.44. The maximum absolute atomic E-state index is 15.1. The first kappa shape index (κ1) is 35.7. The summed E-state index contributed by atoms with van der Waals surface area (Å²) in [5, 5.41) is 3.09. The number of rotatable bonds is 13. The van der Waals surface area contributed by atoms with Gasteiger partial charge in [0.05, 0.1) is 33.7 Å². The smallest absolute Gasteiger partial charge is 0.407 e. The van der Waals surface area contributed by atoms with Crippen LogP contribution in [0.15, 0.2) is 47.3 Å². The third-order valence-corrected chi connectivity index (χ3v) is 14.1. The van der Waals surface area contributed by atoms with E-state index < -0.39 is 79.6 Å². The first-order chi connectivity index (χ1) is 24.3. The number of ether oxygens (including phenoxy) is 4. The van der Waals surface area contributed by atoms with E-state index in [9.17, 15) is 4.79 Å². The van der Waals surface area contributed by atoms with Gasteiger partial charge in [0.2, 0.25) is 10.0 Å². The Labute approximate surface area is 305 Å². The second-order valence-electron chi connectivity index (χ2n) is 16.1. The molecule has 2 aliphatic heterocycles. The number of aryl methyl sites for hydroxylation is 1. The maximum atomic E-state index is 15.1. The number of nitrogens with zero attached hydrogens (tertiary/aromatic N) is 1. The van der Waals surface area contributed by atoms with Crippen LogP contribution in [0, 0.1) is 31.1 Å². The molecular formula is C39H61N3O7S. The van der Waals surface area contributed by atoms with Gasteiger partial charge in [0, 0.05) is 30.8 Å². The summed E-state index contributed by atoms with van der Waals surface area (Å²) in [6.45, 7) is 22.9. The van der Waals surface area contributed by atoms with Crippen molar-refractivity contribution in [2.24, 2.45) is 17.3 Å². The summed E-state index contributed by atoms with van der Waals surface area (Å²) < 4.78 is 82.0. The molecule has 2 aliphatic rings. The van der Waals surface area contributed by atoms with Crippen molar-refractivity contribution in [3.05, 3.63) is 59.1 Å². The molecule has 10 nitrogen and oxygen atoms in total. The first-order valence-corrected chi connectivity index (χ1v) is 19.0. The molecule has 0 spiro atoms. The number of carbonyl (C=O) groups is 1. The Morgan fingerprint density at radius 3 is 2.36 bits per heavy atom. The van der Waals surface area contributed by atoms with Gasteiger partial charge in [0.1, 0.15) is 11.7 Å². The molecule has 6 atom stereocenters. The van der Waals surface area contributed by atoms with Gasteiger partial charge in [-0.3, -0.25) is 0 Å². The molecule has 2 fully saturated rings. The largest absolute Gasteiger partial charge is 0.443 e. The molecule has 1 amide bonds. The van der Waals surface area contributed by atoms with Gasteiger partial charge in [-0.2, -0.15) is 4.31 Å². The molecule has 50 heavy (non-hydrogen) atoms. The van der Waals surface area contributed by atoms with Crippen LogP contribution in [0.25, 0.3) is 0 Å². The maximum Gasteiger partial charge on any atom is 0.407 e. The number of fused-ring (bicyclic) bond motifs is 1. The molecule has 11 heteroatoms. The molecule has 0 aromatic heterocycles. The topological polar surface area (TPSA) is 129 Å². The number of nitrogen functional groups attached to an aromatic ring is 1. The van der Waals surface area contributed by atoms with Gasteiger partial charge >= 0.3 is 6.09 Å². The number of alkyl carbamates (subject to hydrolysis) is 1. The van der Waals surface area contributed by atoms with Crippen LogP contribution >= 0.6 is 0 Å². The van der Waals surface area contributed by atoms with E-state index in [0.717, 1.165) is 11.1 Å². The van der Waals surface area contributed by atoms with Crippen molar-refractivity contribution in [3.63, 3.8) is 0 Å². The summed E-state index contributed by atoms with van der Waals surface area (Å²) in [4.78, 5) is 13.6. The van der Waals surface area contributed by atoms with Gasteiger partial charge in [0.15, 0.2) is 5.79 Å². The van der Waals surface area contributed by atoms with Crippen molar-refractivity contribution >= 4 is 21.8 Å². The number of carbonyl (C=O) groups excluding carboxylic acids is 1. The summed E-state index contributed by atoms with van der Waals surface area (Å²) in [5.74, 6) is -1.46. The Balaban J connectivity index is 1.86. The molecule has 4 rings (SSSR count). The second-order valence-corrected chi connectivity index (χ2v) is 17.9. The summed E-state index contributed by atoms with van der Waals surface area (Å²) in [6, 6.07) is 5.55. The molecule has 0 saturated carbocycles. The van der Waals surface area contributed by atoms with Gasteiger partial charge in [-0.1, -0.05) is 58.9 Å². The van der Waals surface area contributed by atoms with Crippen molar-refractivity contribution in [2.75, 3.05) is 26.0 Å². The minimum absolute atomic E-state index is 0.00492. The molecule has 280 valence electrons. The quantitative estimate of drug-likeness (QED) is 0.209. The Bertz CT molecular complexity index is 1770. The Morgan fingerprint density at radius 1 is 1.12 bits per heavy atom. The van der Waals surface area contributed by atoms with E-state index in [0.29, 0.717) is 13.0 Å². The van der Waals surface area contributed by atoms with Crippen LogP contribution in [0.1, 0.15) is 102 Å².